The van der Waals surface area contributed by atoms with E-state index in [-0.39, 0.29) is 12.1 Å². The second kappa shape index (κ2) is 8.52. The first-order valence-electron chi connectivity index (χ1n) is 9.81. The average Bonchev–Trinajstić information content (AvgIpc) is 3.21. The van der Waals surface area contributed by atoms with Gasteiger partial charge in [0, 0.05) is 24.0 Å². The van der Waals surface area contributed by atoms with Crippen LogP contribution in [0.2, 0.25) is 0 Å². The van der Waals surface area contributed by atoms with Crippen molar-refractivity contribution in [2.45, 2.75) is 38.5 Å². The van der Waals surface area contributed by atoms with Crippen molar-refractivity contribution in [1.82, 2.24) is 5.32 Å². The normalized spacial score (nSPS) is 21.7. The van der Waals surface area contributed by atoms with Crippen molar-refractivity contribution in [1.29, 1.82) is 0 Å². The fraction of sp³-hybridized carbons (Fsp3) is 0.409. The summed E-state index contributed by atoms with van der Waals surface area (Å²) >= 11 is 0. The van der Waals surface area contributed by atoms with E-state index in [1.807, 2.05) is 18.2 Å². The van der Waals surface area contributed by atoms with Gasteiger partial charge >= 0.3 is 0 Å². The molecule has 2 unspecified atom stereocenters. The molecule has 6 heteroatoms. The predicted molar refractivity (Wildman–Crippen MR) is 109 cm³/mol. The Morgan fingerprint density at radius 3 is 2.96 bits per heavy atom. The Morgan fingerprint density at radius 2 is 2.11 bits per heavy atom. The number of ether oxygens (including phenoxy) is 3. The lowest BCUT2D eigenvalue weighted by Gasteiger charge is -2.27. The van der Waals surface area contributed by atoms with E-state index in [0.717, 1.165) is 47.6 Å². The molecule has 0 amide bonds. The van der Waals surface area contributed by atoms with E-state index < -0.39 is 0 Å². The Kier molecular flexibility index (Phi) is 5.67. The highest BCUT2D eigenvalue weighted by Crippen LogP contribution is 2.31. The van der Waals surface area contributed by atoms with Crippen molar-refractivity contribution >= 4 is 5.96 Å². The zero-order valence-electron chi connectivity index (χ0n) is 16.2. The molecule has 0 bridgehead atoms. The van der Waals surface area contributed by atoms with Crippen LogP contribution >= 0.6 is 0 Å². The molecule has 6 nitrogen and oxygen atoms in total. The van der Waals surface area contributed by atoms with Crippen LogP contribution in [0.4, 0.5) is 0 Å². The summed E-state index contributed by atoms with van der Waals surface area (Å²) in [6, 6.07) is 14.3. The van der Waals surface area contributed by atoms with Gasteiger partial charge in [-0.3, -0.25) is 0 Å². The van der Waals surface area contributed by atoms with Crippen LogP contribution in [-0.4, -0.2) is 31.9 Å². The van der Waals surface area contributed by atoms with Crippen molar-refractivity contribution in [2.24, 2.45) is 10.7 Å². The molecular formula is C22H27N3O3. The van der Waals surface area contributed by atoms with Crippen LogP contribution in [0.3, 0.4) is 0 Å². The minimum absolute atomic E-state index is 0.109. The molecule has 4 rings (SSSR count). The number of fused-ring (bicyclic) bond motifs is 1. The lowest BCUT2D eigenvalue weighted by atomic mass is 10.0. The third-order valence-electron chi connectivity index (χ3n) is 5.10. The lowest BCUT2D eigenvalue weighted by molar-refractivity contribution is 0.140. The van der Waals surface area contributed by atoms with E-state index in [1.165, 1.54) is 0 Å². The van der Waals surface area contributed by atoms with Crippen LogP contribution in [0, 0.1) is 6.92 Å². The van der Waals surface area contributed by atoms with Gasteiger partial charge in [0.1, 0.15) is 17.6 Å². The summed E-state index contributed by atoms with van der Waals surface area (Å²) < 4.78 is 17.3. The molecule has 0 spiro atoms. The number of hydrogen-bond acceptors (Lipinski definition) is 4. The predicted octanol–water partition coefficient (Wildman–Crippen LogP) is 3.09. The van der Waals surface area contributed by atoms with Crippen LogP contribution < -0.4 is 20.5 Å². The first-order chi connectivity index (χ1) is 13.7. The number of nitrogens with zero attached hydrogens (tertiary/aromatic N) is 1. The summed E-state index contributed by atoms with van der Waals surface area (Å²) in [5.74, 6) is 2.20. The molecule has 2 aromatic carbocycles. The summed E-state index contributed by atoms with van der Waals surface area (Å²) in [5, 5.41) is 3.34. The molecule has 3 N–H and O–H groups in total. The molecule has 2 heterocycles. The summed E-state index contributed by atoms with van der Waals surface area (Å²) in [6.07, 6.45) is 1.89. The number of hydrogen-bond donors (Lipinski definition) is 2. The molecule has 0 aromatic heterocycles. The van der Waals surface area contributed by atoms with Crippen LogP contribution in [0.15, 0.2) is 47.5 Å². The number of rotatable bonds is 5. The van der Waals surface area contributed by atoms with Crippen LogP contribution in [-0.2, 0) is 11.3 Å². The van der Waals surface area contributed by atoms with Gasteiger partial charge < -0.3 is 25.3 Å². The second-order valence-corrected chi connectivity index (χ2v) is 7.29. The molecule has 2 atom stereocenters. The van der Waals surface area contributed by atoms with Crippen molar-refractivity contribution in [2.75, 3.05) is 19.8 Å². The number of aryl methyl sites for hydroxylation is 1. The van der Waals surface area contributed by atoms with Crippen molar-refractivity contribution in [3.8, 4) is 11.5 Å². The Morgan fingerprint density at radius 1 is 1.21 bits per heavy atom. The number of guanidine groups is 1. The van der Waals surface area contributed by atoms with E-state index >= 15 is 0 Å². The van der Waals surface area contributed by atoms with Gasteiger partial charge in [-0.25, -0.2) is 4.99 Å². The average molecular weight is 381 g/mol. The minimum Gasteiger partial charge on any atom is -0.493 e. The van der Waals surface area contributed by atoms with Gasteiger partial charge in [-0.1, -0.05) is 30.3 Å². The third-order valence-corrected chi connectivity index (χ3v) is 5.10. The number of nitrogens with two attached hydrogens (primary N) is 1. The molecule has 2 aromatic rings. The quantitative estimate of drug-likeness (QED) is 0.615. The molecule has 1 saturated heterocycles. The maximum absolute atomic E-state index is 6.19. The number of para-hydroxylation sites is 1. The number of aliphatic imine (C=N–C) groups is 1. The SMILES string of the molecule is Cc1ccc(CN=C(N)NC2CCOc3ccccc32)c(OC2CCOC2)c1. The molecule has 2 aliphatic rings. The molecule has 2 aliphatic heterocycles. The van der Waals surface area contributed by atoms with Crippen LogP contribution in [0.25, 0.3) is 0 Å². The largest absolute Gasteiger partial charge is 0.493 e. The summed E-state index contributed by atoms with van der Waals surface area (Å²) in [5.41, 5.74) is 9.49. The van der Waals surface area contributed by atoms with Gasteiger partial charge in [0.15, 0.2) is 5.96 Å². The fourth-order valence-corrected chi connectivity index (χ4v) is 3.57. The van der Waals surface area contributed by atoms with Gasteiger partial charge in [0.05, 0.1) is 32.4 Å². The van der Waals surface area contributed by atoms with E-state index in [2.05, 4.69) is 41.5 Å². The highest BCUT2D eigenvalue weighted by molar-refractivity contribution is 5.78. The molecule has 1 fully saturated rings. The zero-order valence-corrected chi connectivity index (χ0v) is 16.2. The monoisotopic (exact) mass is 381 g/mol. The zero-order chi connectivity index (χ0) is 19.3. The van der Waals surface area contributed by atoms with Crippen molar-refractivity contribution in [3.05, 3.63) is 59.2 Å². The Hall–Kier alpha value is -2.73. The molecule has 148 valence electrons. The van der Waals surface area contributed by atoms with Gasteiger partial charge in [-0.15, -0.1) is 0 Å². The molecule has 0 aliphatic carbocycles. The van der Waals surface area contributed by atoms with Gasteiger partial charge in [-0.2, -0.15) is 0 Å². The second-order valence-electron chi connectivity index (χ2n) is 7.29. The lowest BCUT2D eigenvalue weighted by Crippen LogP contribution is -2.37. The van der Waals surface area contributed by atoms with Gasteiger partial charge in [0.2, 0.25) is 0 Å². The topological polar surface area (TPSA) is 78.1 Å². The third kappa shape index (κ3) is 4.39. The maximum atomic E-state index is 6.19. The highest BCUT2D eigenvalue weighted by Gasteiger charge is 2.21. The van der Waals surface area contributed by atoms with Crippen LogP contribution in [0.1, 0.15) is 35.6 Å². The first-order valence-corrected chi connectivity index (χ1v) is 9.81. The van der Waals surface area contributed by atoms with E-state index in [4.69, 9.17) is 19.9 Å². The Bertz CT molecular complexity index is 847. The highest BCUT2D eigenvalue weighted by atomic mass is 16.5. The summed E-state index contributed by atoms with van der Waals surface area (Å²) in [6.45, 7) is 4.59. The van der Waals surface area contributed by atoms with Crippen LogP contribution in [0.5, 0.6) is 11.5 Å². The van der Waals surface area contributed by atoms with Crippen molar-refractivity contribution < 1.29 is 14.2 Å². The number of nitrogens with one attached hydrogen (secondary N) is 1. The Balaban J connectivity index is 1.44. The van der Waals surface area contributed by atoms with E-state index in [0.29, 0.717) is 25.7 Å². The fourth-order valence-electron chi connectivity index (χ4n) is 3.57. The molecule has 28 heavy (non-hydrogen) atoms. The van der Waals surface area contributed by atoms with Crippen molar-refractivity contribution in [3.63, 3.8) is 0 Å². The van der Waals surface area contributed by atoms with Gasteiger partial charge in [0.25, 0.3) is 0 Å². The van der Waals surface area contributed by atoms with Gasteiger partial charge in [-0.05, 0) is 24.6 Å². The molecule has 0 saturated carbocycles. The summed E-state index contributed by atoms with van der Waals surface area (Å²) in [7, 11) is 0. The number of benzene rings is 2. The first kappa shape index (κ1) is 18.6. The summed E-state index contributed by atoms with van der Waals surface area (Å²) in [4.78, 5) is 4.56. The smallest absolute Gasteiger partial charge is 0.189 e. The standard InChI is InChI=1S/C22H27N3O3/c1-15-6-7-16(21(12-15)28-17-8-10-26-14-17)13-24-22(23)25-19-9-11-27-20-5-3-2-4-18(19)20/h2-7,12,17,19H,8-11,13-14H2,1H3,(H3,23,24,25). The minimum atomic E-state index is 0.109. The Labute approximate surface area is 165 Å². The molecular weight excluding hydrogens is 354 g/mol. The maximum Gasteiger partial charge on any atom is 0.189 e. The molecule has 0 radical (unpaired) electrons. The van der Waals surface area contributed by atoms with E-state index in [1.54, 1.807) is 0 Å². The van der Waals surface area contributed by atoms with E-state index in [9.17, 15) is 0 Å².